The summed E-state index contributed by atoms with van der Waals surface area (Å²) < 4.78 is 40.3. The summed E-state index contributed by atoms with van der Waals surface area (Å²) in [5.41, 5.74) is 5.76. The van der Waals surface area contributed by atoms with Crippen LogP contribution in [0, 0.1) is 5.82 Å². The van der Waals surface area contributed by atoms with Crippen LogP contribution in [0.4, 0.5) is 4.39 Å². The van der Waals surface area contributed by atoms with E-state index in [0.29, 0.717) is 12.8 Å². The molecule has 0 aliphatic heterocycles. The van der Waals surface area contributed by atoms with Gasteiger partial charge >= 0.3 is 0 Å². The summed E-state index contributed by atoms with van der Waals surface area (Å²) in [6, 6.07) is 3.42. The summed E-state index contributed by atoms with van der Waals surface area (Å²) in [6.45, 7) is 0. The third-order valence-electron chi connectivity index (χ3n) is 3.28. The van der Waals surface area contributed by atoms with Crippen LogP contribution in [0.5, 0.6) is 0 Å². The fourth-order valence-corrected chi connectivity index (χ4v) is 3.85. The van der Waals surface area contributed by atoms with Crippen molar-refractivity contribution in [2.45, 2.75) is 42.7 Å². The van der Waals surface area contributed by atoms with Gasteiger partial charge in [-0.3, -0.25) is 0 Å². The lowest BCUT2D eigenvalue weighted by molar-refractivity contribution is 0.373. The molecule has 0 atom stereocenters. The third kappa shape index (κ3) is 3.66. The molecule has 0 heterocycles. The lowest BCUT2D eigenvalue weighted by Crippen LogP contribution is -2.40. The summed E-state index contributed by atoms with van der Waals surface area (Å²) >= 11 is 5.71. The summed E-state index contributed by atoms with van der Waals surface area (Å²) in [4.78, 5) is -0.408. The van der Waals surface area contributed by atoms with Crippen LogP contribution in [-0.2, 0) is 10.0 Å². The van der Waals surface area contributed by atoms with Gasteiger partial charge in [-0.1, -0.05) is 11.6 Å². The van der Waals surface area contributed by atoms with Crippen LogP contribution < -0.4 is 10.5 Å². The Balaban J connectivity index is 2.16. The van der Waals surface area contributed by atoms with Crippen LogP contribution >= 0.6 is 11.6 Å². The number of rotatable bonds is 3. The molecule has 0 bridgehead atoms. The Labute approximate surface area is 117 Å². The van der Waals surface area contributed by atoms with E-state index < -0.39 is 20.7 Å². The number of hydrogen-bond acceptors (Lipinski definition) is 3. The van der Waals surface area contributed by atoms with Crippen molar-refractivity contribution in [1.82, 2.24) is 4.72 Å². The molecule has 1 aliphatic rings. The molecule has 0 saturated heterocycles. The first-order chi connectivity index (χ1) is 8.88. The summed E-state index contributed by atoms with van der Waals surface area (Å²) in [5.74, 6) is -0.801. The van der Waals surface area contributed by atoms with Crippen molar-refractivity contribution >= 4 is 21.6 Å². The minimum absolute atomic E-state index is 0.128. The second-order valence-corrected chi connectivity index (χ2v) is 6.93. The molecule has 1 fully saturated rings. The van der Waals surface area contributed by atoms with Gasteiger partial charge < -0.3 is 5.73 Å². The predicted octanol–water partition coefficient (Wildman–Crippen LogP) is 2.03. The highest BCUT2D eigenvalue weighted by Crippen LogP contribution is 2.22. The van der Waals surface area contributed by atoms with Gasteiger partial charge in [-0.05, 0) is 43.9 Å². The van der Waals surface area contributed by atoms with Gasteiger partial charge in [0.25, 0.3) is 0 Å². The molecule has 1 aromatic rings. The third-order valence-corrected chi connectivity index (χ3v) is 5.05. The van der Waals surface area contributed by atoms with Gasteiger partial charge in [0.15, 0.2) is 0 Å². The quantitative estimate of drug-likeness (QED) is 0.897. The van der Waals surface area contributed by atoms with Gasteiger partial charge in [0.1, 0.15) is 10.7 Å². The molecular formula is C12H16ClFN2O2S. The molecule has 0 amide bonds. The summed E-state index contributed by atoms with van der Waals surface area (Å²) in [7, 11) is -3.88. The lowest BCUT2D eigenvalue weighted by Gasteiger charge is -2.26. The molecule has 7 heteroatoms. The molecule has 0 radical (unpaired) electrons. The number of hydrogen-bond donors (Lipinski definition) is 2. The number of halogens is 2. The van der Waals surface area contributed by atoms with Crippen LogP contribution in [0.3, 0.4) is 0 Å². The van der Waals surface area contributed by atoms with E-state index in [1.807, 2.05) is 0 Å². The summed E-state index contributed by atoms with van der Waals surface area (Å²) in [6.07, 6.45) is 2.88. The van der Waals surface area contributed by atoms with Gasteiger partial charge in [0, 0.05) is 17.1 Å². The Kier molecular flexibility index (Phi) is 4.45. The molecular weight excluding hydrogens is 291 g/mol. The average Bonchev–Trinajstić information content (AvgIpc) is 2.35. The maximum atomic E-state index is 13.6. The average molecular weight is 307 g/mol. The lowest BCUT2D eigenvalue weighted by atomic mass is 9.93. The molecule has 1 aliphatic carbocycles. The van der Waals surface area contributed by atoms with Gasteiger partial charge in [-0.2, -0.15) is 0 Å². The van der Waals surface area contributed by atoms with Crippen molar-refractivity contribution in [3.8, 4) is 0 Å². The molecule has 106 valence electrons. The molecule has 0 aromatic heterocycles. The van der Waals surface area contributed by atoms with Gasteiger partial charge in [0.05, 0.1) is 0 Å². The first-order valence-electron chi connectivity index (χ1n) is 6.11. The SMILES string of the molecule is NC1CCC(NS(=O)(=O)c2cc(Cl)ccc2F)CC1. The first-order valence-corrected chi connectivity index (χ1v) is 7.97. The van der Waals surface area contributed by atoms with Crippen molar-refractivity contribution in [2.75, 3.05) is 0 Å². The van der Waals surface area contributed by atoms with Crippen molar-refractivity contribution in [3.63, 3.8) is 0 Å². The van der Waals surface area contributed by atoms with Crippen LogP contribution in [0.15, 0.2) is 23.1 Å². The highest BCUT2D eigenvalue weighted by Gasteiger charge is 2.26. The minimum Gasteiger partial charge on any atom is -0.328 e. The zero-order chi connectivity index (χ0) is 14.0. The Morgan fingerprint density at radius 3 is 2.53 bits per heavy atom. The highest BCUT2D eigenvalue weighted by atomic mass is 35.5. The Morgan fingerprint density at radius 2 is 1.89 bits per heavy atom. The number of nitrogens with one attached hydrogen (secondary N) is 1. The summed E-state index contributed by atoms with van der Waals surface area (Å²) in [5, 5.41) is 0.187. The van der Waals surface area contributed by atoms with E-state index >= 15 is 0 Å². The van der Waals surface area contributed by atoms with Gasteiger partial charge in [0.2, 0.25) is 10.0 Å². The maximum Gasteiger partial charge on any atom is 0.243 e. The standard InChI is InChI=1S/C12H16ClFN2O2S/c13-8-1-6-11(14)12(7-8)19(17,18)16-10-4-2-9(15)3-5-10/h1,6-7,9-10,16H,2-5,15H2. The van der Waals surface area contributed by atoms with Crippen LogP contribution in [-0.4, -0.2) is 20.5 Å². The van der Waals surface area contributed by atoms with E-state index in [4.69, 9.17) is 17.3 Å². The van der Waals surface area contributed by atoms with Crippen molar-refractivity contribution in [3.05, 3.63) is 29.0 Å². The van der Waals surface area contributed by atoms with E-state index in [-0.39, 0.29) is 17.1 Å². The molecule has 3 N–H and O–H groups in total. The smallest absolute Gasteiger partial charge is 0.243 e. The molecule has 0 spiro atoms. The molecule has 2 rings (SSSR count). The second kappa shape index (κ2) is 5.75. The number of benzene rings is 1. The Morgan fingerprint density at radius 1 is 1.26 bits per heavy atom. The predicted molar refractivity (Wildman–Crippen MR) is 72.0 cm³/mol. The van der Waals surface area contributed by atoms with E-state index in [1.54, 1.807) is 0 Å². The molecule has 4 nitrogen and oxygen atoms in total. The monoisotopic (exact) mass is 306 g/mol. The largest absolute Gasteiger partial charge is 0.328 e. The van der Waals surface area contributed by atoms with Crippen LogP contribution in [0.1, 0.15) is 25.7 Å². The second-order valence-electron chi connectivity index (χ2n) is 4.81. The minimum atomic E-state index is -3.88. The molecule has 0 unspecified atom stereocenters. The molecule has 19 heavy (non-hydrogen) atoms. The van der Waals surface area contributed by atoms with Crippen molar-refractivity contribution in [2.24, 2.45) is 5.73 Å². The van der Waals surface area contributed by atoms with Crippen LogP contribution in [0.2, 0.25) is 5.02 Å². The Bertz CT molecular complexity index is 557. The number of nitrogens with two attached hydrogens (primary N) is 1. The topological polar surface area (TPSA) is 72.2 Å². The van der Waals surface area contributed by atoms with E-state index in [9.17, 15) is 12.8 Å². The van der Waals surface area contributed by atoms with Crippen LogP contribution in [0.25, 0.3) is 0 Å². The van der Waals surface area contributed by atoms with Gasteiger partial charge in [-0.15, -0.1) is 0 Å². The zero-order valence-electron chi connectivity index (χ0n) is 10.3. The fraction of sp³-hybridized carbons (Fsp3) is 0.500. The van der Waals surface area contributed by atoms with Crippen molar-refractivity contribution in [1.29, 1.82) is 0 Å². The van der Waals surface area contributed by atoms with E-state index in [1.165, 1.54) is 6.07 Å². The zero-order valence-corrected chi connectivity index (χ0v) is 11.8. The maximum absolute atomic E-state index is 13.6. The van der Waals surface area contributed by atoms with E-state index in [2.05, 4.69) is 4.72 Å². The molecule has 1 aromatic carbocycles. The number of sulfonamides is 1. The molecule has 1 saturated carbocycles. The normalized spacial score (nSPS) is 24.4. The van der Waals surface area contributed by atoms with E-state index in [0.717, 1.165) is 25.0 Å². The highest BCUT2D eigenvalue weighted by molar-refractivity contribution is 7.89. The fourth-order valence-electron chi connectivity index (χ4n) is 2.20. The van der Waals surface area contributed by atoms with Gasteiger partial charge in [-0.25, -0.2) is 17.5 Å². The van der Waals surface area contributed by atoms with Crippen molar-refractivity contribution < 1.29 is 12.8 Å². The first kappa shape index (κ1) is 14.7. The Hall–Kier alpha value is -0.690.